The molecular weight excluding hydrogens is 473 g/mol. The van der Waals surface area contributed by atoms with Gasteiger partial charge in [0.25, 0.3) is 5.91 Å². The molecule has 1 aromatic heterocycles. The van der Waals surface area contributed by atoms with E-state index < -0.39 is 5.41 Å². The van der Waals surface area contributed by atoms with Crippen LogP contribution in [0.25, 0.3) is 0 Å². The van der Waals surface area contributed by atoms with Gasteiger partial charge in [0.15, 0.2) is 0 Å². The van der Waals surface area contributed by atoms with Crippen LogP contribution in [0.4, 0.5) is 0 Å². The highest BCUT2D eigenvalue weighted by atomic mass is 35.5. The first-order chi connectivity index (χ1) is 16.3. The maximum absolute atomic E-state index is 13.3. The quantitative estimate of drug-likeness (QED) is 0.450. The van der Waals surface area contributed by atoms with E-state index in [1.54, 1.807) is 35.9 Å². The second-order valence-corrected chi connectivity index (χ2v) is 10.1. The Balaban J connectivity index is 1.79. The Morgan fingerprint density at radius 2 is 1.91 bits per heavy atom. The molecule has 1 aliphatic carbocycles. The fourth-order valence-electron chi connectivity index (χ4n) is 4.07. The predicted octanol–water partition coefficient (Wildman–Crippen LogP) is 5.60. The van der Waals surface area contributed by atoms with E-state index in [9.17, 15) is 4.79 Å². The van der Waals surface area contributed by atoms with Crippen LogP contribution in [0.5, 0.6) is 5.75 Å². The van der Waals surface area contributed by atoms with Crippen molar-refractivity contribution < 1.29 is 14.3 Å². The highest BCUT2D eigenvalue weighted by Gasteiger charge is 2.24. The third-order valence-corrected chi connectivity index (χ3v) is 6.37. The molecule has 6 nitrogen and oxygen atoms in total. The number of hydrogen-bond acceptors (Lipinski definition) is 4. The number of hydrogen-bond donors (Lipinski definition) is 1. The van der Waals surface area contributed by atoms with E-state index in [1.165, 1.54) is 19.3 Å². The number of methoxy groups -OCH3 is 1. The summed E-state index contributed by atoms with van der Waals surface area (Å²) in [5.41, 5.74) is 0.335. The Kier molecular flexibility index (Phi) is 9.70. The van der Waals surface area contributed by atoms with E-state index in [-0.39, 0.29) is 11.2 Å². The lowest BCUT2D eigenvalue weighted by molar-refractivity contribution is 0.0933. The van der Waals surface area contributed by atoms with Crippen molar-refractivity contribution in [3.8, 4) is 17.6 Å². The van der Waals surface area contributed by atoms with Crippen LogP contribution >= 0.6 is 23.2 Å². The number of carbonyl (C=O) groups is 1. The van der Waals surface area contributed by atoms with Gasteiger partial charge in [-0.25, -0.2) is 4.98 Å². The number of benzene rings is 1. The van der Waals surface area contributed by atoms with Crippen LogP contribution in [0.2, 0.25) is 10.3 Å². The van der Waals surface area contributed by atoms with Crippen LogP contribution in [0.1, 0.15) is 62.1 Å². The first-order valence-corrected chi connectivity index (χ1v) is 12.5. The predicted molar refractivity (Wildman–Crippen MR) is 136 cm³/mol. The van der Waals surface area contributed by atoms with Crippen molar-refractivity contribution in [2.24, 2.45) is 11.3 Å². The standard InChI is InChI=1S/C26H33Cl2N3O3/c1-26(2,18-33-3)14-13-22-23(24(32)29-17-19-7-5-4-6-8-19)31(25(28)30-22)15-16-34-21-11-9-20(27)10-12-21/h9-12,19H,4-8,15-18H2,1-3H3,(H,29,32). The van der Waals surface area contributed by atoms with Crippen molar-refractivity contribution in [2.45, 2.75) is 52.5 Å². The van der Waals surface area contributed by atoms with Gasteiger partial charge in [0.05, 0.1) is 13.2 Å². The maximum Gasteiger partial charge on any atom is 0.270 e. The zero-order valence-corrected chi connectivity index (χ0v) is 21.6. The van der Waals surface area contributed by atoms with Crippen LogP contribution < -0.4 is 10.1 Å². The highest BCUT2D eigenvalue weighted by Crippen LogP contribution is 2.24. The SMILES string of the molecule is COCC(C)(C)C#Cc1nc(Cl)n(CCOc2ccc(Cl)cc2)c1C(=O)NCC1CCCCC1. The molecule has 0 saturated heterocycles. The largest absolute Gasteiger partial charge is 0.492 e. The summed E-state index contributed by atoms with van der Waals surface area (Å²) < 4.78 is 12.7. The zero-order chi connectivity index (χ0) is 24.6. The summed E-state index contributed by atoms with van der Waals surface area (Å²) in [5.74, 6) is 7.22. The summed E-state index contributed by atoms with van der Waals surface area (Å²) in [7, 11) is 1.64. The minimum atomic E-state index is -0.390. The molecule has 0 radical (unpaired) electrons. The summed E-state index contributed by atoms with van der Waals surface area (Å²) in [4.78, 5) is 17.7. The zero-order valence-electron chi connectivity index (χ0n) is 20.1. The number of imidazole rings is 1. The molecule has 0 spiro atoms. The molecule has 1 fully saturated rings. The summed E-state index contributed by atoms with van der Waals surface area (Å²) in [6.45, 7) is 5.72. The Morgan fingerprint density at radius 3 is 2.59 bits per heavy atom. The van der Waals surface area contributed by atoms with Crippen LogP contribution in [-0.2, 0) is 11.3 Å². The molecule has 3 rings (SSSR count). The molecule has 1 aromatic carbocycles. The topological polar surface area (TPSA) is 65.4 Å². The minimum Gasteiger partial charge on any atom is -0.492 e. The van der Waals surface area contributed by atoms with Crippen molar-refractivity contribution >= 4 is 29.1 Å². The highest BCUT2D eigenvalue weighted by molar-refractivity contribution is 6.30. The molecule has 1 heterocycles. The number of carbonyl (C=O) groups excluding carboxylic acids is 1. The Labute approximate surface area is 212 Å². The molecule has 8 heteroatoms. The van der Waals surface area contributed by atoms with Gasteiger partial charge in [0.1, 0.15) is 23.7 Å². The van der Waals surface area contributed by atoms with Gasteiger partial charge in [-0.2, -0.15) is 0 Å². The van der Waals surface area contributed by atoms with Crippen LogP contribution in [0.15, 0.2) is 24.3 Å². The summed E-state index contributed by atoms with van der Waals surface area (Å²) in [6, 6.07) is 7.12. The molecule has 1 aliphatic rings. The molecule has 184 valence electrons. The van der Waals surface area contributed by atoms with Gasteiger partial charge in [-0.3, -0.25) is 4.79 Å². The number of nitrogens with zero attached hydrogens (tertiary/aromatic N) is 2. The molecule has 0 bridgehead atoms. The fourth-order valence-corrected chi connectivity index (χ4v) is 4.45. The van der Waals surface area contributed by atoms with Crippen LogP contribution in [-0.4, -0.2) is 42.3 Å². The molecule has 1 amide bonds. The molecule has 2 aromatic rings. The lowest BCUT2D eigenvalue weighted by atomic mass is 9.89. The number of aromatic nitrogens is 2. The van der Waals surface area contributed by atoms with Crippen molar-refractivity contribution in [3.05, 3.63) is 46.0 Å². The van der Waals surface area contributed by atoms with Gasteiger partial charge in [-0.1, -0.05) is 36.8 Å². The fraction of sp³-hybridized carbons (Fsp3) is 0.538. The van der Waals surface area contributed by atoms with Gasteiger partial charge < -0.3 is 19.4 Å². The van der Waals surface area contributed by atoms with Gasteiger partial charge in [-0.05, 0) is 74.4 Å². The van der Waals surface area contributed by atoms with Crippen molar-refractivity contribution in [1.29, 1.82) is 0 Å². The maximum atomic E-state index is 13.3. The van der Waals surface area contributed by atoms with Crippen LogP contribution in [0, 0.1) is 23.2 Å². The van der Waals surface area contributed by atoms with Gasteiger partial charge in [0, 0.05) is 24.1 Å². The van der Waals surface area contributed by atoms with Crippen molar-refractivity contribution in [2.75, 3.05) is 26.9 Å². The minimum absolute atomic E-state index is 0.205. The Hall–Kier alpha value is -2.20. The normalized spacial score (nSPS) is 14.4. The van der Waals surface area contributed by atoms with E-state index >= 15 is 0 Å². The molecule has 1 N–H and O–H groups in total. The molecule has 0 aliphatic heterocycles. The third kappa shape index (κ3) is 7.66. The van der Waals surface area contributed by atoms with Crippen molar-refractivity contribution in [3.63, 3.8) is 0 Å². The lowest BCUT2D eigenvalue weighted by Gasteiger charge is -2.22. The van der Waals surface area contributed by atoms with Gasteiger partial charge >= 0.3 is 0 Å². The first kappa shape index (κ1) is 26.4. The molecule has 0 unspecified atom stereocenters. The second-order valence-electron chi connectivity index (χ2n) is 9.31. The second kappa shape index (κ2) is 12.5. The monoisotopic (exact) mass is 505 g/mol. The average molecular weight is 506 g/mol. The van der Waals surface area contributed by atoms with E-state index in [4.69, 9.17) is 32.7 Å². The smallest absolute Gasteiger partial charge is 0.270 e. The van der Waals surface area contributed by atoms with E-state index in [2.05, 4.69) is 22.1 Å². The number of amides is 1. The van der Waals surface area contributed by atoms with Gasteiger partial charge in [0.2, 0.25) is 5.28 Å². The summed E-state index contributed by atoms with van der Waals surface area (Å²) >= 11 is 12.4. The Morgan fingerprint density at radius 1 is 1.21 bits per heavy atom. The molecular formula is C26H33Cl2N3O3. The van der Waals surface area contributed by atoms with Gasteiger partial charge in [-0.15, -0.1) is 0 Å². The van der Waals surface area contributed by atoms with E-state index in [1.807, 2.05) is 13.8 Å². The third-order valence-electron chi connectivity index (χ3n) is 5.83. The Bertz CT molecular complexity index is 1020. The number of ether oxygens (including phenoxy) is 2. The molecule has 1 saturated carbocycles. The van der Waals surface area contributed by atoms with E-state index in [0.717, 1.165) is 12.8 Å². The van der Waals surface area contributed by atoms with E-state index in [0.29, 0.717) is 54.4 Å². The van der Waals surface area contributed by atoms with Crippen LogP contribution in [0.3, 0.4) is 0 Å². The first-order valence-electron chi connectivity index (χ1n) is 11.7. The lowest BCUT2D eigenvalue weighted by Crippen LogP contribution is -2.32. The molecule has 0 atom stereocenters. The average Bonchev–Trinajstić information content (AvgIpc) is 3.13. The summed E-state index contributed by atoms with van der Waals surface area (Å²) in [5, 5.41) is 3.94. The van der Waals surface area contributed by atoms with Crippen molar-refractivity contribution in [1.82, 2.24) is 14.9 Å². The number of nitrogens with one attached hydrogen (secondary N) is 1. The molecule has 34 heavy (non-hydrogen) atoms. The number of halogens is 2. The summed E-state index contributed by atoms with van der Waals surface area (Å²) in [6.07, 6.45) is 6.01. The number of rotatable bonds is 9.